The number of rotatable bonds is 6. The molecule has 0 atom stereocenters. The molecule has 0 spiro atoms. The van der Waals surface area contributed by atoms with E-state index in [1.54, 1.807) is 37.4 Å². The number of aryl methyl sites for hydroxylation is 2. The molecule has 7 heteroatoms. The molecule has 1 aliphatic rings. The van der Waals surface area contributed by atoms with Gasteiger partial charge in [0.25, 0.3) is 11.8 Å². The van der Waals surface area contributed by atoms with Crippen molar-refractivity contribution in [3.63, 3.8) is 0 Å². The van der Waals surface area contributed by atoms with Crippen LogP contribution in [0.2, 0.25) is 0 Å². The topological polar surface area (TPSA) is 84.9 Å². The molecule has 0 unspecified atom stereocenters. The Bertz CT molecular complexity index is 1300. The number of hydrogen-bond acceptors (Lipinski definition) is 5. The fourth-order valence-electron chi connectivity index (χ4n) is 3.53. The summed E-state index contributed by atoms with van der Waals surface area (Å²) in [6.45, 7) is 4.12. The van der Waals surface area contributed by atoms with Gasteiger partial charge in [-0.25, -0.2) is 9.69 Å². The molecule has 1 fully saturated rings. The van der Waals surface area contributed by atoms with E-state index < -0.39 is 17.8 Å². The number of anilines is 1. The predicted molar refractivity (Wildman–Crippen MR) is 129 cm³/mol. The monoisotopic (exact) mass is 456 g/mol. The van der Waals surface area contributed by atoms with Crippen LogP contribution in [0.25, 0.3) is 6.08 Å². The first kappa shape index (κ1) is 22.8. The molecule has 172 valence electrons. The molecule has 0 aromatic heterocycles. The van der Waals surface area contributed by atoms with E-state index >= 15 is 0 Å². The maximum atomic E-state index is 13.3. The first-order valence-electron chi connectivity index (χ1n) is 10.7. The van der Waals surface area contributed by atoms with E-state index in [9.17, 15) is 14.4 Å². The van der Waals surface area contributed by atoms with Crippen LogP contribution >= 0.6 is 0 Å². The Morgan fingerprint density at radius 3 is 2.38 bits per heavy atom. The average molecular weight is 456 g/mol. The van der Waals surface area contributed by atoms with Gasteiger partial charge in [-0.1, -0.05) is 36.4 Å². The third-order valence-electron chi connectivity index (χ3n) is 5.61. The lowest BCUT2D eigenvalue weighted by Crippen LogP contribution is -2.54. The summed E-state index contributed by atoms with van der Waals surface area (Å²) >= 11 is 0. The zero-order chi connectivity index (χ0) is 24.2. The lowest BCUT2D eigenvalue weighted by molar-refractivity contribution is -0.122. The molecule has 3 aromatic carbocycles. The summed E-state index contributed by atoms with van der Waals surface area (Å²) in [5.74, 6) is -0.468. The molecule has 34 heavy (non-hydrogen) atoms. The number of hydrogen-bond donors (Lipinski definition) is 1. The second-order valence-electron chi connectivity index (χ2n) is 7.90. The van der Waals surface area contributed by atoms with Crippen molar-refractivity contribution in [1.82, 2.24) is 5.32 Å². The lowest BCUT2D eigenvalue weighted by atomic mass is 10.0. The Hall–Kier alpha value is -4.39. The van der Waals surface area contributed by atoms with Crippen molar-refractivity contribution >= 4 is 29.6 Å². The number of benzene rings is 3. The fourth-order valence-corrected chi connectivity index (χ4v) is 3.53. The van der Waals surface area contributed by atoms with Gasteiger partial charge in [0.1, 0.15) is 23.7 Å². The Labute approximate surface area is 197 Å². The van der Waals surface area contributed by atoms with Crippen LogP contribution in [-0.4, -0.2) is 25.0 Å². The van der Waals surface area contributed by atoms with Gasteiger partial charge in [0, 0.05) is 11.6 Å². The van der Waals surface area contributed by atoms with E-state index in [1.807, 2.05) is 50.2 Å². The van der Waals surface area contributed by atoms with Crippen LogP contribution in [0, 0.1) is 13.8 Å². The van der Waals surface area contributed by atoms with E-state index in [0.717, 1.165) is 21.6 Å². The standard InChI is InChI=1S/C27H24N2O5/c1-17-9-11-21(13-18(17)2)29-26(31)23(25(30)28-27(29)32)14-20-10-12-22(33-3)15-24(20)34-16-19-7-5-4-6-8-19/h4-15H,16H2,1-3H3,(H,28,30,32)/b23-14+. The highest BCUT2D eigenvalue weighted by molar-refractivity contribution is 6.39. The molecule has 4 amide bonds. The summed E-state index contributed by atoms with van der Waals surface area (Å²) in [5, 5.41) is 2.26. The Morgan fingerprint density at radius 1 is 0.912 bits per heavy atom. The molecule has 1 saturated heterocycles. The van der Waals surface area contributed by atoms with Crippen molar-refractivity contribution in [2.24, 2.45) is 0 Å². The fraction of sp³-hybridized carbons (Fsp3) is 0.148. The summed E-state index contributed by atoms with van der Waals surface area (Å²) in [6, 6.07) is 19.2. The quantitative estimate of drug-likeness (QED) is 0.434. The van der Waals surface area contributed by atoms with Crippen molar-refractivity contribution < 1.29 is 23.9 Å². The van der Waals surface area contributed by atoms with Crippen LogP contribution in [-0.2, 0) is 16.2 Å². The minimum absolute atomic E-state index is 0.174. The van der Waals surface area contributed by atoms with Gasteiger partial charge in [-0.15, -0.1) is 0 Å². The third kappa shape index (κ3) is 4.68. The molecule has 7 nitrogen and oxygen atoms in total. The number of carbonyl (C=O) groups excluding carboxylic acids is 3. The van der Waals surface area contributed by atoms with Gasteiger partial charge in [0.05, 0.1) is 12.8 Å². The minimum Gasteiger partial charge on any atom is -0.497 e. The summed E-state index contributed by atoms with van der Waals surface area (Å²) in [4.78, 5) is 39.4. The summed E-state index contributed by atoms with van der Waals surface area (Å²) in [7, 11) is 1.54. The van der Waals surface area contributed by atoms with E-state index in [-0.39, 0.29) is 12.2 Å². The Kier molecular flexibility index (Phi) is 6.45. The average Bonchev–Trinajstić information content (AvgIpc) is 2.83. The molecule has 4 rings (SSSR count). The van der Waals surface area contributed by atoms with Crippen molar-refractivity contribution in [3.8, 4) is 11.5 Å². The number of urea groups is 1. The molecule has 0 saturated carbocycles. The number of barbiturate groups is 1. The first-order valence-corrected chi connectivity index (χ1v) is 10.7. The molecule has 0 aliphatic carbocycles. The number of carbonyl (C=O) groups is 3. The van der Waals surface area contributed by atoms with Crippen molar-refractivity contribution in [3.05, 3.63) is 94.6 Å². The van der Waals surface area contributed by atoms with Gasteiger partial charge in [-0.3, -0.25) is 14.9 Å². The molecule has 1 N–H and O–H groups in total. The lowest BCUT2D eigenvalue weighted by Gasteiger charge is -2.27. The van der Waals surface area contributed by atoms with Crippen molar-refractivity contribution in [1.29, 1.82) is 0 Å². The molecular weight excluding hydrogens is 432 g/mol. The number of nitrogens with one attached hydrogen (secondary N) is 1. The van der Waals surface area contributed by atoms with Gasteiger partial charge < -0.3 is 9.47 Å². The third-order valence-corrected chi connectivity index (χ3v) is 5.61. The van der Waals surface area contributed by atoms with Gasteiger partial charge in [0.15, 0.2) is 0 Å². The second-order valence-corrected chi connectivity index (χ2v) is 7.90. The van der Waals surface area contributed by atoms with Crippen molar-refractivity contribution in [2.75, 3.05) is 12.0 Å². The van der Waals surface area contributed by atoms with Gasteiger partial charge in [0.2, 0.25) is 0 Å². The summed E-state index contributed by atoms with van der Waals surface area (Å²) in [6.07, 6.45) is 1.43. The molecule has 0 radical (unpaired) electrons. The van der Waals surface area contributed by atoms with Crippen molar-refractivity contribution in [2.45, 2.75) is 20.5 Å². The van der Waals surface area contributed by atoms with Gasteiger partial charge in [-0.2, -0.15) is 0 Å². The van der Waals surface area contributed by atoms with E-state index in [2.05, 4.69) is 5.32 Å². The zero-order valence-corrected chi connectivity index (χ0v) is 19.1. The van der Waals surface area contributed by atoms with E-state index in [0.29, 0.717) is 22.7 Å². The van der Waals surface area contributed by atoms with Crippen LogP contribution in [0.1, 0.15) is 22.3 Å². The summed E-state index contributed by atoms with van der Waals surface area (Å²) < 4.78 is 11.3. The first-order chi connectivity index (χ1) is 16.4. The number of amides is 4. The predicted octanol–water partition coefficient (Wildman–Crippen LogP) is 4.56. The second kappa shape index (κ2) is 9.62. The van der Waals surface area contributed by atoms with Gasteiger partial charge >= 0.3 is 6.03 Å². The van der Waals surface area contributed by atoms with Crippen LogP contribution in [0.3, 0.4) is 0 Å². The van der Waals surface area contributed by atoms with E-state index in [1.165, 1.54) is 6.08 Å². The molecule has 3 aromatic rings. The molecule has 0 bridgehead atoms. The Balaban J connectivity index is 1.70. The highest BCUT2D eigenvalue weighted by Crippen LogP contribution is 2.30. The molecule has 1 aliphatic heterocycles. The highest BCUT2D eigenvalue weighted by Gasteiger charge is 2.37. The highest BCUT2D eigenvalue weighted by atomic mass is 16.5. The largest absolute Gasteiger partial charge is 0.497 e. The van der Waals surface area contributed by atoms with Crippen LogP contribution in [0.5, 0.6) is 11.5 Å². The van der Waals surface area contributed by atoms with Gasteiger partial charge in [-0.05, 0) is 60.9 Å². The van der Waals surface area contributed by atoms with Crippen LogP contribution < -0.4 is 19.7 Å². The normalized spacial score (nSPS) is 14.9. The SMILES string of the molecule is COc1ccc(/C=C2\C(=O)NC(=O)N(c3ccc(C)c(C)c3)C2=O)c(OCc2ccccc2)c1. The Morgan fingerprint density at radius 2 is 1.68 bits per heavy atom. The maximum Gasteiger partial charge on any atom is 0.335 e. The smallest absolute Gasteiger partial charge is 0.335 e. The summed E-state index contributed by atoms with van der Waals surface area (Å²) in [5.41, 5.74) is 3.63. The van der Waals surface area contributed by atoms with E-state index in [4.69, 9.17) is 9.47 Å². The zero-order valence-electron chi connectivity index (χ0n) is 19.1. The number of nitrogens with zero attached hydrogens (tertiary/aromatic N) is 1. The molecule has 1 heterocycles. The minimum atomic E-state index is -0.786. The number of ether oxygens (including phenoxy) is 2. The number of imide groups is 2. The van der Waals surface area contributed by atoms with Crippen LogP contribution in [0.15, 0.2) is 72.3 Å². The number of methoxy groups -OCH3 is 1. The maximum absolute atomic E-state index is 13.3. The van der Waals surface area contributed by atoms with Crippen LogP contribution in [0.4, 0.5) is 10.5 Å². The molecular formula is C27H24N2O5.